The molecular formula is C30H34N4O3. The van der Waals surface area contributed by atoms with Crippen LogP contribution in [0, 0.1) is 10.8 Å². The molecule has 0 bridgehead atoms. The largest absolute Gasteiger partial charge is 0.456 e. The molecule has 5 N–H and O–H groups in total. The van der Waals surface area contributed by atoms with E-state index in [0.29, 0.717) is 31.8 Å². The van der Waals surface area contributed by atoms with Crippen molar-refractivity contribution < 1.29 is 14.3 Å². The molecule has 1 aromatic heterocycles. The van der Waals surface area contributed by atoms with Crippen LogP contribution >= 0.6 is 0 Å². The second-order valence-corrected chi connectivity index (χ2v) is 9.90. The Morgan fingerprint density at radius 3 is 2.35 bits per heavy atom. The van der Waals surface area contributed by atoms with Crippen LogP contribution < -0.4 is 5.73 Å². The van der Waals surface area contributed by atoms with E-state index in [1.54, 1.807) is 4.90 Å². The number of piperidine rings is 1. The Kier molecular flexibility index (Phi) is 7.74. The second kappa shape index (κ2) is 11.0. The molecule has 0 radical (unpaired) electrons. The predicted molar refractivity (Wildman–Crippen MR) is 150 cm³/mol. The Morgan fingerprint density at radius 2 is 1.70 bits per heavy atom. The van der Waals surface area contributed by atoms with E-state index < -0.39 is 5.60 Å². The number of furan rings is 1. The number of benzene rings is 3. The predicted octanol–water partition coefficient (Wildman–Crippen LogP) is 5.54. The fraction of sp³-hybridized carbons (Fsp3) is 0.300. The van der Waals surface area contributed by atoms with Crippen LogP contribution in [-0.4, -0.2) is 46.5 Å². The summed E-state index contributed by atoms with van der Waals surface area (Å²) in [5.41, 5.74) is 8.89. The minimum atomic E-state index is -1.28. The summed E-state index contributed by atoms with van der Waals surface area (Å²) < 4.78 is 5.82. The fourth-order valence-corrected chi connectivity index (χ4v) is 4.58. The van der Waals surface area contributed by atoms with Crippen molar-refractivity contribution in [1.82, 2.24) is 4.90 Å². The highest BCUT2D eigenvalue weighted by Gasteiger charge is 2.36. The SMILES string of the molecule is CC(C)c1ccc(N)cc1.N=CC(=N)C1(O)CCN(C(=O)Cc2ccc3oc4ccccc4c3c2)CC1. The number of nitrogens with two attached hydrogens (primary N) is 1. The molecule has 0 unspecified atom stereocenters. The van der Waals surface area contributed by atoms with Gasteiger partial charge in [0, 0.05) is 35.8 Å². The highest BCUT2D eigenvalue weighted by Crippen LogP contribution is 2.30. The Hall–Kier alpha value is -3.97. The van der Waals surface area contributed by atoms with Crippen LogP contribution in [0.25, 0.3) is 21.9 Å². The van der Waals surface area contributed by atoms with Crippen molar-refractivity contribution >= 4 is 45.5 Å². The lowest BCUT2D eigenvalue weighted by Crippen LogP contribution is -2.51. The smallest absolute Gasteiger partial charge is 0.226 e. The van der Waals surface area contributed by atoms with Crippen LogP contribution in [0.2, 0.25) is 0 Å². The van der Waals surface area contributed by atoms with E-state index in [1.807, 2.05) is 54.6 Å². The first kappa shape index (κ1) is 26.1. The molecule has 4 aromatic rings. The van der Waals surface area contributed by atoms with Gasteiger partial charge in [-0.2, -0.15) is 0 Å². The third-order valence-electron chi connectivity index (χ3n) is 6.99. The van der Waals surface area contributed by atoms with Crippen molar-refractivity contribution in [2.24, 2.45) is 0 Å². The van der Waals surface area contributed by atoms with E-state index >= 15 is 0 Å². The minimum absolute atomic E-state index is 0.00517. The summed E-state index contributed by atoms with van der Waals surface area (Å²) in [4.78, 5) is 14.4. The highest BCUT2D eigenvalue weighted by molar-refractivity contribution is 6.31. The molecular weight excluding hydrogens is 464 g/mol. The molecule has 7 nitrogen and oxygen atoms in total. The van der Waals surface area contributed by atoms with Crippen molar-refractivity contribution in [2.45, 2.75) is 44.6 Å². The Labute approximate surface area is 216 Å². The molecule has 7 heteroatoms. The summed E-state index contributed by atoms with van der Waals surface area (Å²) in [5.74, 6) is 0.603. The monoisotopic (exact) mass is 498 g/mol. The number of likely N-dealkylation sites (tertiary alicyclic amines) is 1. The van der Waals surface area contributed by atoms with Gasteiger partial charge in [-0.15, -0.1) is 0 Å². The number of rotatable bonds is 5. The third-order valence-corrected chi connectivity index (χ3v) is 6.99. The van der Waals surface area contributed by atoms with E-state index in [-0.39, 0.29) is 18.0 Å². The highest BCUT2D eigenvalue weighted by atomic mass is 16.3. The molecule has 0 aliphatic carbocycles. The first-order valence-corrected chi connectivity index (χ1v) is 12.6. The quantitative estimate of drug-likeness (QED) is 0.213. The zero-order valence-corrected chi connectivity index (χ0v) is 21.3. The number of nitrogen functional groups attached to an aromatic ring is 1. The Morgan fingerprint density at radius 1 is 1.05 bits per heavy atom. The number of para-hydroxylation sites is 1. The normalized spacial score (nSPS) is 14.9. The molecule has 37 heavy (non-hydrogen) atoms. The number of nitrogens with zero attached hydrogens (tertiary/aromatic N) is 1. The fourth-order valence-electron chi connectivity index (χ4n) is 4.58. The second-order valence-electron chi connectivity index (χ2n) is 9.90. The number of fused-ring (bicyclic) bond motifs is 3. The molecule has 3 aromatic carbocycles. The maximum atomic E-state index is 12.7. The maximum Gasteiger partial charge on any atom is 0.226 e. The average Bonchev–Trinajstić information content (AvgIpc) is 3.27. The van der Waals surface area contributed by atoms with E-state index in [0.717, 1.165) is 39.4 Å². The standard InChI is InChI=1S/C21H21N3O3.C9H13N/c22-13-19(23)21(26)7-9-24(10-8-21)20(25)12-14-5-6-18-16(11-14)15-3-1-2-4-17(15)27-18;1-7(2)8-3-5-9(10)6-4-8/h1-6,11,13,22-23,26H,7-10,12H2;3-7H,10H2,1-2H3. The number of anilines is 1. The van der Waals surface area contributed by atoms with E-state index in [2.05, 4.69) is 26.0 Å². The topological polar surface area (TPSA) is 127 Å². The lowest BCUT2D eigenvalue weighted by molar-refractivity contribution is -0.133. The number of hydrogen-bond donors (Lipinski definition) is 4. The molecule has 1 aliphatic rings. The van der Waals surface area contributed by atoms with E-state index in [1.165, 1.54) is 5.56 Å². The number of hydrogen-bond acceptors (Lipinski definition) is 6. The number of carbonyl (C=O) groups excluding carboxylic acids is 1. The van der Waals surface area contributed by atoms with Crippen LogP contribution in [0.15, 0.2) is 71.1 Å². The number of amides is 1. The van der Waals surface area contributed by atoms with Gasteiger partial charge in [-0.25, -0.2) is 0 Å². The van der Waals surface area contributed by atoms with Gasteiger partial charge in [0.2, 0.25) is 5.91 Å². The first-order chi connectivity index (χ1) is 17.7. The van der Waals surface area contributed by atoms with Gasteiger partial charge < -0.3 is 31.0 Å². The number of aliphatic hydroxyl groups is 1. The van der Waals surface area contributed by atoms with Crippen LogP contribution in [0.4, 0.5) is 5.69 Å². The van der Waals surface area contributed by atoms with Crippen LogP contribution in [0.3, 0.4) is 0 Å². The van der Waals surface area contributed by atoms with Crippen molar-refractivity contribution in [3.05, 3.63) is 77.9 Å². The maximum absolute atomic E-state index is 12.7. The van der Waals surface area contributed by atoms with Crippen molar-refractivity contribution in [2.75, 3.05) is 18.8 Å². The Bertz CT molecular complexity index is 1410. The molecule has 2 heterocycles. The molecule has 5 rings (SSSR count). The Balaban J connectivity index is 0.000000270. The molecule has 1 aliphatic heterocycles. The summed E-state index contributed by atoms with van der Waals surface area (Å²) in [5, 5.41) is 27.3. The van der Waals surface area contributed by atoms with Gasteiger partial charge in [-0.1, -0.05) is 50.2 Å². The van der Waals surface area contributed by atoms with Crippen LogP contribution in [-0.2, 0) is 11.2 Å². The molecule has 1 amide bonds. The molecule has 0 spiro atoms. The number of carbonyl (C=O) groups is 1. The lowest BCUT2D eigenvalue weighted by Gasteiger charge is -2.37. The van der Waals surface area contributed by atoms with E-state index in [4.69, 9.17) is 21.0 Å². The number of nitrogens with one attached hydrogen (secondary N) is 2. The van der Waals surface area contributed by atoms with Gasteiger partial charge in [-0.3, -0.25) is 4.79 Å². The van der Waals surface area contributed by atoms with E-state index in [9.17, 15) is 9.90 Å². The molecule has 192 valence electrons. The zero-order chi connectivity index (χ0) is 26.6. The van der Waals surface area contributed by atoms with Gasteiger partial charge in [0.15, 0.2) is 0 Å². The molecule has 0 saturated carbocycles. The summed E-state index contributed by atoms with van der Waals surface area (Å²) in [6.07, 6.45) is 1.74. The van der Waals surface area contributed by atoms with Crippen molar-refractivity contribution in [3.63, 3.8) is 0 Å². The van der Waals surface area contributed by atoms with Crippen molar-refractivity contribution in [3.8, 4) is 0 Å². The minimum Gasteiger partial charge on any atom is -0.456 e. The van der Waals surface area contributed by atoms with Crippen LogP contribution in [0.5, 0.6) is 0 Å². The van der Waals surface area contributed by atoms with Gasteiger partial charge in [0.05, 0.1) is 12.1 Å². The summed E-state index contributed by atoms with van der Waals surface area (Å²) in [6.45, 7) is 5.13. The molecule has 0 atom stereocenters. The van der Waals surface area contributed by atoms with Gasteiger partial charge in [0.25, 0.3) is 0 Å². The first-order valence-electron chi connectivity index (χ1n) is 12.6. The van der Waals surface area contributed by atoms with Crippen LogP contribution in [0.1, 0.15) is 43.7 Å². The summed E-state index contributed by atoms with van der Waals surface area (Å²) in [6, 6.07) is 21.7. The van der Waals surface area contributed by atoms with Crippen molar-refractivity contribution in [1.29, 1.82) is 10.8 Å². The summed E-state index contributed by atoms with van der Waals surface area (Å²) >= 11 is 0. The van der Waals surface area contributed by atoms with Gasteiger partial charge in [-0.05, 0) is 60.2 Å². The summed E-state index contributed by atoms with van der Waals surface area (Å²) in [7, 11) is 0. The van der Waals surface area contributed by atoms with Gasteiger partial charge >= 0.3 is 0 Å². The zero-order valence-electron chi connectivity index (χ0n) is 21.3. The molecule has 1 saturated heterocycles. The molecule has 1 fully saturated rings. The third kappa shape index (κ3) is 5.89. The average molecular weight is 499 g/mol. The van der Waals surface area contributed by atoms with Gasteiger partial charge in [0.1, 0.15) is 16.8 Å². The lowest BCUT2D eigenvalue weighted by atomic mass is 9.87.